The van der Waals surface area contributed by atoms with Gasteiger partial charge in [0.25, 0.3) is 0 Å². The Morgan fingerprint density at radius 1 is 1.36 bits per heavy atom. The van der Waals surface area contributed by atoms with E-state index in [1.807, 2.05) is 0 Å². The lowest BCUT2D eigenvalue weighted by atomic mass is 10.0. The van der Waals surface area contributed by atoms with Crippen LogP contribution in [0.5, 0.6) is 0 Å². The fourth-order valence-corrected chi connectivity index (χ4v) is 1.24. The monoisotopic (exact) mass is 186 g/mol. The van der Waals surface area contributed by atoms with E-state index in [-0.39, 0.29) is 0 Å². The summed E-state index contributed by atoms with van der Waals surface area (Å²) in [5.41, 5.74) is 2.40. The van der Waals surface area contributed by atoms with Gasteiger partial charge in [0.05, 0.1) is 0 Å². The third-order valence-electron chi connectivity index (χ3n) is 2.38. The normalized spacial score (nSPS) is 12.1. The molecule has 0 fully saturated rings. The molecular formula is C14H18. The van der Waals surface area contributed by atoms with Crippen LogP contribution in [-0.2, 0) is 0 Å². The van der Waals surface area contributed by atoms with Gasteiger partial charge in [-0.05, 0) is 23.3 Å². The molecule has 0 nitrogen and oxygen atoms in total. The molecule has 0 heterocycles. The average Bonchev–Trinajstić information content (AvgIpc) is 2.09. The lowest BCUT2D eigenvalue weighted by Gasteiger charge is -2.02. The van der Waals surface area contributed by atoms with Crippen molar-refractivity contribution in [2.24, 2.45) is 5.92 Å². The fraction of sp³-hybridized carbons (Fsp3) is 0.286. The Morgan fingerprint density at radius 3 is 2.50 bits per heavy atom. The molecule has 0 atom stereocenters. The summed E-state index contributed by atoms with van der Waals surface area (Å²) in [6.07, 6.45) is 2.12. The van der Waals surface area contributed by atoms with Crippen LogP contribution in [0.4, 0.5) is 0 Å². The highest BCUT2D eigenvalue weighted by atomic mass is 14.0. The van der Waals surface area contributed by atoms with E-state index in [1.54, 1.807) is 0 Å². The standard InChI is InChI=1S/C14H18/c1-10(2)12(4)9-14-7-6-11(3)8-13(14)5/h6-10H,4-5H2,1-3H3/b14-9-. The van der Waals surface area contributed by atoms with Gasteiger partial charge in [0, 0.05) is 0 Å². The molecule has 0 saturated carbocycles. The molecule has 0 aliphatic heterocycles. The summed E-state index contributed by atoms with van der Waals surface area (Å²) in [4.78, 5) is 0. The van der Waals surface area contributed by atoms with E-state index in [0.29, 0.717) is 5.92 Å². The lowest BCUT2D eigenvalue weighted by Crippen LogP contribution is -2.23. The second-order valence-corrected chi connectivity index (χ2v) is 4.08. The van der Waals surface area contributed by atoms with Crippen LogP contribution in [0.2, 0.25) is 0 Å². The third-order valence-corrected chi connectivity index (χ3v) is 2.38. The van der Waals surface area contributed by atoms with Crippen molar-refractivity contribution in [1.82, 2.24) is 0 Å². The van der Waals surface area contributed by atoms with Crippen molar-refractivity contribution < 1.29 is 0 Å². The molecule has 0 bridgehead atoms. The number of hydrogen-bond donors (Lipinski definition) is 0. The number of aryl methyl sites for hydroxylation is 1. The smallest absolute Gasteiger partial charge is 0.0187 e. The van der Waals surface area contributed by atoms with Gasteiger partial charge < -0.3 is 0 Å². The summed E-state index contributed by atoms with van der Waals surface area (Å²) < 4.78 is 0. The summed E-state index contributed by atoms with van der Waals surface area (Å²) in [7, 11) is 0. The van der Waals surface area contributed by atoms with Crippen LogP contribution in [0.15, 0.2) is 30.4 Å². The number of rotatable bonds is 2. The van der Waals surface area contributed by atoms with Crippen LogP contribution >= 0.6 is 0 Å². The minimum atomic E-state index is 0.496. The Balaban J connectivity index is 3.21. The van der Waals surface area contributed by atoms with Gasteiger partial charge >= 0.3 is 0 Å². The maximum Gasteiger partial charge on any atom is -0.0187 e. The Labute approximate surface area is 86.3 Å². The molecule has 1 aromatic rings. The largest absolute Gasteiger partial charge is 0.0955 e. The topological polar surface area (TPSA) is 0 Å². The minimum Gasteiger partial charge on any atom is -0.0955 e. The molecule has 0 unspecified atom stereocenters. The molecule has 0 aliphatic carbocycles. The maximum absolute atomic E-state index is 4.03. The van der Waals surface area contributed by atoms with Gasteiger partial charge in [-0.3, -0.25) is 0 Å². The minimum absolute atomic E-state index is 0.496. The zero-order chi connectivity index (χ0) is 10.7. The highest BCUT2D eigenvalue weighted by Crippen LogP contribution is 2.06. The van der Waals surface area contributed by atoms with E-state index >= 15 is 0 Å². The number of allylic oxidation sites excluding steroid dienone is 1. The predicted molar refractivity (Wildman–Crippen MR) is 64.4 cm³/mol. The summed E-state index contributed by atoms with van der Waals surface area (Å²) in [5.74, 6) is 0.496. The van der Waals surface area contributed by atoms with E-state index in [1.165, 1.54) is 10.8 Å². The first kappa shape index (κ1) is 10.8. The van der Waals surface area contributed by atoms with Gasteiger partial charge in [0.1, 0.15) is 0 Å². The van der Waals surface area contributed by atoms with E-state index in [0.717, 1.165) is 10.8 Å². The molecule has 0 amide bonds. The molecule has 0 N–H and O–H groups in total. The molecule has 0 saturated heterocycles. The zero-order valence-corrected chi connectivity index (χ0v) is 9.30. The van der Waals surface area contributed by atoms with Gasteiger partial charge in [-0.15, -0.1) is 0 Å². The van der Waals surface area contributed by atoms with E-state index < -0.39 is 0 Å². The summed E-state index contributed by atoms with van der Waals surface area (Å²) in [6.45, 7) is 14.4. The van der Waals surface area contributed by atoms with Crippen LogP contribution in [0.25, 0.3) is 12.7 Å². The van der Waals surface area contributed by atoms with Gasteiger partial charge in [-0.25, -0.2) is 0 Å². The Kier molecular flexibility index (Phi) is 3.29. The van der Waals surface area contributed by atoms with Gasteiger partial charge in [-0.2, -0.15) is 0 Å². The Hall–Kier alpha value is -1.30. The second-order valence-electron chi connectivity index (χ2n) is 4.08. The molecule has 0 aliphatic rings. The van der Waals surface area contributed by atoms with Crippen molar-refractivity contribution >= 4 is 12.7 Å². The van der Waals surface area contributed by atoms with E-state index in [2.05, 4.69) is 58.2 Å². The Morgan fingerprint density at radius 2 is 2.00 bits per heavy atom. The fourth-order valence-electron chi connectivity index (χ4n) is 1.24. The molecule has 0 heteroatoms. The van der Waals surface area contributed by atoms with Crippen LogP contribution in [-0.4, -0.2) is 0 Å². The third kappa shape index (κ3) is 2.59. The van der Waals surface area contributed by atoms with E-state index in [9.17, 15) is 0 Å². The lowest BCUT2D eigenvalue weighted by molar-refractivity contribution is 0.805. The molecule has 14 heavy (non-hydrogen) atoms. The number of benzene rings is 1. The van der Waals surface area contributed by atoms with Crippen molar-refractivity contribution in [2.75, 3.05) is 0 Å². The first-order valence-corrected chi connectivity index (χ1v) is 4.97. The second kappa shape index (κ2) is 4.28. The highest BCUT2D eigenvalue weighted by Gasteiger charge is 1.95. The quantitative estimate of drug-likeness (QED) is 0.665. The zero-order valence-electron chi connectivity index (χ0n) is 9.30. The van der Waals surface area contributed by atoms with Crippen molar-refractivity contribution in [3.63, 3.8) is 0 Å². The molecule has 0 aromatic heterocycles. The first-order valence-electron chi connectivity index (χ1n) is 4.97. The molecule has 74 valence electrons. The summed E-state index contributed by atoms with van der Waals surface area (Å²) in [6, 6.07) is 6.30. The van der Waals surface area contributed by atoms with Crippen LogP contribution in [0.3, 0.4) is 0 Å². The van der Waals surface area contributed by atoms with Crippen molar-refractivity contribution in [3.8, 4) is 0 Å². The average molecular weight is 186 g/mol. The van der Waals surface area contributed by atoms with E-state index in [4.69, 9.17) is 0 Å². The molecular weight excluding hydrogens is 168 g/mol. The summed E-state index contributed by atoms with van der Waals surface area (Å²) in [5, 5.41) is 2.25. The first-order chi connectivity index (χ1) is 6.50. The van der Waals surface area contributed by atoms with Crippen molar-refractivity contribution in [2.45, 2.75) is 20.8 Å². The summed E-state index contributed by atoms with van der Waals surface area (Å²) >= 11 is 0. The molecule has 0 spiro atoms. The molecule has 1 aromatic carbocycles. The molecule has 1 rings (SSSR count). The van der Waals surface area contributed by atoms with Crippen molar-refractivity contribution in [3.05, 3.63) is 46.4 Å². The van der Waals surface area contributed by atoms with Gasteiger partial charge in [0.2, 0.25) is 0 Å². The predicted octanol–water partition coefficient (Wildman–Crippen LogP) is 2.40. The Bertz CT molecular complexity index is 436. The van der Waals surface area contributed by atoms with Crippen molar-refractivity contribution in [1.29, 1.82) is 0 Å². The van der Waals surface area contributed by atoms with Gasteiger partial charge in [0.15, 0.2) is 0 Å². The number of hydrogen-bond acceptors (Lipinski definition) is 0. The van der Waals surface area contributed by atoms with Crippen LogP contribution in [0.1, 0.15) is 19.4 Å². The van der Waals surface area contributed by atoms with Crippen LogP contribution in [0, 0.1) is 12.8 Å². The van der Waals surface area contributed by atoms with Crippen LogP contribution < -0.4 is 10.4 Å². The highest BCUT2D eigenvalue weighted by molar-refractivity contribution is 5.46. The SMILES string of the molecule is C=C(/C=c1/ccc(C)cc1=C)C(C)C. The molecule has 0 radical (unpaired) electrons. The maximum atomic E-state index is 4.03. The van der Waals surface area contributed by atoms with Gasteiger partial charge in [-0.1, -0.05) is 62.4 Å².